The van der Waals surface area contributed by atoms with Crippen molar-refractivity contribution in [3.63, 3.8) is 0 Å². The van der Waals surface area contributed by atoms with Gasteiger partial charge in [0, 0.05) is 49.5 Å². The fourth-order valence-electron chi connectivity index (χ4n) is 4.54. The van der Waals surface area contributed by atoms with E-state index in [1.807, 2.05) is 0 Å². The second-order valence-electron chi connectivity index (χ2n) is 10.6. The minimum Gasteiger partial charge on any atom is -0.366 e. The molecule has 0 fully saturated rings. The van der Waals surface area contributed by atoms with Crippen LogP contribution < -0.4 is 33.3 Å². The maximum absolute atomic E-state index is 12.0. The number of unbranched alkanes of at least 4 members (excludes halogenated alkanes) is 1. The Morgan fingerprint density at radius 3 is 1.50 bits per heavy atom. The number of para-hydroxylation sites is 4. The van der Waals surface area contributed by atoms with Gasteiger partial charge in [0.05, 0.1) is 33.6 Å². The molecule has 0 saturated carbocycles. The Balaban J connectivity index is 1.09. The Kier molecular flexibility index (Phi) is 14.3. The van der Waals surface area contributed by atoms with Crippen LogP contribution in [0.4, 0.5) is 11.4 Å². The number of hydrazone groups is 2. The molecule has 2 aromatic heterocycles. The van der Waals surface area contributed by atoms with Gasteiger partial charge < -0.3 is 30.3 Å². The van der Waals surface area contributed by atoms with Crippen LogP contribution in [0.2, 0.25) is 0 Å². The highest BCUT2D eigenvalue weighted by Crippen LogP contribution is 2.25. The molecule has 278 valence electrons. The summed E-state index contributed by atoms with van der Waals surface area (Å²) in [6.07, 6.45) is 9.68. The summed E-state index contributed by atoms with van der Waals surface area (Å²) in [5.41, 5.74) is 28.3. The summed E-state index contributed by atoms with van der Waals surface area (Å²) in [7, 11) is 0. The van der Waals surface area contributed by atoms with Crippen molar-refractivity contribution in [2.75, 3.05) is 0 Å². The highest BCUT2D eigenvalue weighted by molar-refractivity contribution is 5.80. The molecule has 0 aliphatic heterocycles. The lowest BCUT2D eigenvalue weighted by Gasteiger charge is -2.07. The van der Waals surface area contributed by atoms with Crippen molar-refractivity contribution in [2.45, 2.75) is 25.7 Å². The second kappa shape index (κ2) is 19.9. The minimum atomic E-state index is -0.648. The van der Waals surface area contributed by atoms with Crippen LogP contribution in [0.1, 0.15) is 37.1 Å². The van der Waals surface area contributed by atoms with Crippen molar-refractivity contribution in [3.05, 3.63) is 141 Å². The maximum Gasteiger partial charge on any atom is 0.332 e. The predicted octanol–water partition coefficient (Wildman–Crippen LogP) is 3.33. The number of aromatic nitrogens is 2. The number of guanidine groups is 2. The van der Waals surface area contributed by atoms with Gasteiger partial charge >= 0.3 is 11.9 Å². The van der Waals surface area contributed by atoms with Crippen LogP contribution in [0.15, 0.2) is 119 Å². The molecule has 2 heterocycles. The van der Waals surface area contributed by atoms with E-state index in [0.717, 1.165) is 0 Å². The first-order valence-corrected chi connectivity index (χ1v) is 15.9. The fourth-order valence-corrected chi connectivity index (χ4v) is 4.54. The van der Waals surface area contributed by atoms with E-state index in [9.17, 15) is 29.8 Å². The van der Waals surface area contributed by atoms with Crippen LogP contribution in [-0.2, 0) is 19.3 Å². The molecule has 0 spiro atoms. The number of hydrogen-bond acceptors (Lipinski definition) is 12. The van der Waals surface area contributed by atoms with E-state index >= 15 is 0 Å². The van der Waals surface area contributed by atoms with Gasteiger partial charge in [-0.05, 0) is 49.2 Å². The van der Waals surface area contributed by atoms with Gasteiger partial charge in [-0.3, -0.25) is 31.1 Å². The molecule has 0 radical (unpaired) electrons. The molecule has 0 unspecified atom stereocenters. The molecule has 4 rings (SSSR count). The first kappa shape index (κ1) is 38.7. The lowest BCUT2D eigenvalue weighted by Crippen LogP contribution is -2.35. The Morgan fingerprint density at radius 1 is 0.685 bits per heavy atom. The quantitative estimate of drug-likeness (QED) is 0.0255. The number of benzene rings is 2. The summed E-state index contributed by atoms with van der Waals surface area (Å²) >= 11 is 0. The molecular formula is C34H34N12O8. The molecule has 4 aromatic rings. The Hall–Kier alpha value is -8.08. The zero-order valence-corrected chi connectivity index (χ0v) is 28.3. The lowest BCUT2D eigenvalue weighted by molar-refractivity contribution is -0.384. The van der Waals surface area contributed by atoms with Crippen LogP contribution in [0, 0.1) is 20.2 Å². The summed E-state index contributed by atoms with van der Waals surface area (Å²) in [6, 6.07) is 19.6. The van der Waals surface area contributed by atoms with E-state index in [-0.39, 0.29) is 36.1 Å². The standard InChI is InChI=1S/C34H34N12O8/c35-33(39-37-21-7-11-25-13-9-23-43(25)27-15-1-3-17-29(27)45(49)50)41-53-31(47)19-5-6-20-32(48)54-42-34(36)40-38-22-8-12-26-14-10-24-44(26)28-16-2-4-18-30(28)46(51)52/h1-4,9-18,21-24,37-38H,5-6,19-20H2,(H3,35,39,41)(H3,36,40,42). The van der Waals surface area contributed by atoms with Gasteiger partial charge in [-0.25, -0.2) is 9.59 Å². The van der Waals surface area contributed by atoms with Crippen LogP contribution >= 0.6 is 0 Å². The summed E-state index contributed by atoms with van der Waals surface area (Å²) in [6.45, 7) is 0. The highest BCUT2D eigenvalue weighted by atomic mass is 16.7. The van der Waals surface area contributed by atoms with Gasteiger partial charge in [-0.1, -0.05) is 35.7 Å². The van der Waals surface area contributed by atoms with E-state index < -0.39 is 21.8 Å². The van der Waals surface area contributed by atoms with Gasteiger partial charge in [-0.2, -0.15) is 11.0 Å². The molecule has 0 atom stereocenters. The number of nitrogens with two attached hydrogens (primary N) is 2. The van der Waals surface area contributed by atoms with Gasteiger partial charge in [0.15, 0.2) is 0 Å². The molecule has 0 bridgehead atoms. The smallest absolute Gasteiger partial charge is 0.332 e. The maximum atomic E-state index is 12.0. The molecule has 0 aliphatic carbocycles. The molecule has 0 saturated heterocycles. The van der Waals surface area contributed by atoms with Gasteiger partial charge in [0.1, 0.15) is 11.4 Å². The summed E-state index contributed by atoms with van der Waals surface area (Å²) in [5.74, 6) is -1.81. The SMILES string of the molecule is NC(=NNC=C=Cc1cccn1-c1ccccc1[N+](=O)[O-])NOC(=O)CCCCC(=O)ONC(N)=NNC=C=Cc1cccn1-c1ccccc1[N+](=O)[O-]. The van der Waals surface area contributed by atoms with E-state index in [0.29, 0.717) is 35.6 Å². The second-order valence-corrected chi connectivity index (χ2v) is 10.6. The molecule has 54 heavy (non-hydrogen) atoms. The average molecular weight is 739 g/mol. The van der Waals surface area contributed by atoms with Gasteiger partial charge in [0.2, 0.25) is 11.9 Å². The molecule has 0 aliphatic rings. The molecular weight excluding hydrogens is 704 g/mol. The summed E-state index contributed by atoms with van der Waals surface area (Å²) in [5, 5.41) is 30.2. The zero-order valence-electron chi connectivity index (χ0n) is 28.3. The first-order valence-electron chi connectivity index (χ1n) is 15.9. The number of nitro groups is 2. The van der Waals surface area contributed by atoms with E-state index in [1.165, 1.54) is 24.5 Å². The lowest BCUT2D eigenvalue weighted by atomic mass is 10.2. The van der Waals surface area contributed by atoms with Crippen LogP contribution in [0.5, 0.6) is 0 Å². The highest BCUT2D eigenvalue weighted by Gasteiger charge is 2.16. The Bertz CT molecular complexity index is 2010. The van der Waals surface area contributed by atoms with Crippen LogP contribution in [0.25, 0.3) is 23.5 Å². The average Bonchev–Trinajstić information content (AvgIpc) is 3.84. The first-order chi connectivity index (χ1) is 26.1. The van der Waals surface area contributed by atoms with Gasteiger partial charge in [0.25, 0.3) is 11.4 Å². The van der Waals surface area contributed by atoms with E-state index in [1.54, 1.807) is 94.3 Å². The molecule has 20 nitrogen and oxygen atoms in total. The van der Waals surface area contributed by atoms with Crippen molar-refractivity contribution in [3.8, 4) is 11.4 Å². The van der Waals surface area contributed by atoms with E-state index in [2.05, 4.69) is 43.5 Å². The number of hydrogen-bond donors (Lipinski definition) is 6. The summed E-state index contributed by atoms with van der Waals surface area (Å²) in [4.78, 5) is 55.4. The number of carbonyl (C=O) groups excluding carboxylic acids is 2. The molecule has 20 heteroatoms. The number of nitrogens with zero attached hydrogens (tertiary/aromatic N) is 6. The van der Waals surface area contributed by atoms with Crippen LogP contribution in [-0.4, -0.2) is 42.8 Å². The Morgan fingerprint density at radius 2 is 1.09 bits per heavy atom. The molecule has 8 N–H and O–H groups in total. The van der Waals surface area contributed by atoms with Crippen molar-refractivity contribution in [1.29, 1.82) is 0 Å². The summed E-state index contributed by atoms with van der Waals surface area (Å²) < 4.78 is 3.27. The van der Waals surface area contributed by atoms with Crippen molar-refractivity contribution < 1.29 is 29.1 Å². The minimum absolute atomic E-state index is 0.0311. The van der Waals surface area contributed by atoms with Crippen molar-refractivity contribution in [1.82, 2.24) is 30.9 Å². The van der Waals surface area contributed by atoms with E-state index in [4.69, 9.17) is 21.1 Å². The third-order valence-corrected chi connectivity index (χ3v) is 6.92. The molecule has 0 amide bonds. The third kappa shape index (κ3) is 11.8. The number of nitro benzene ring substituents is 2. The third-order valence-electron chi connectivity index (χ3n) is 6.92. The number of rotatable bonds is 15. The Labute approximate surface area is 306 Å². The van der Waals surface area contributed by atoms with Gasteiger partial charge in [-0.15, -0.1) is 10.2 Å². The largest absolute Gasteiger partial charge is 0.366 e. The number of hydroxylamine groups is 2. The monoisotopic (exact) mass is 738 g/mol. The van der Waals surface area contributed by atoms with Crippen molar-refractivity contribution in [2.24, 2.45) is 21.7 Å². The van der Waals surface area contributed by atoms with Crippen LogP contribution in [0.3, 0.4) is 0 Å². The fraction of sp³-hybridized carbons (Fsp3) is 0.118. The predicted molar refractivity (Wildman–Crippen MR) is 196 cm³/mol. The number of nitrogens with one attached hydrogen (secondary N) is 4. The molecule has 2 aromatic carbocycles. The van der Waals surface area contributed by atoms with Crippen molar-refractivity contribution >= 4 is 47.4 Å². The zero-order chi connectivity index (χ0) is 38.7. The topological polar surface area (TPSA) is 274 Å². The number of carbonyl (C=O) groups is 2. The normalized spacial score (nSPS) is 10.8.